The Balaban J connectivity index is 2.00. The van der Waals surface area contributed by atoms with E-state index in [1.807, 2.05) is 0 Å². The summed E-state index contributed by atoms with van der Waals surface area (Å²) in [6, 6.07) is 6.73. The number of sulfone groups is 1. The summed E-state index contributed by atoms with van der Waals surface area (Å²) in [6.45, 7) is 1.57. The van der Waals surface area contributed by atoms with E-state index in [0.717, 1.165) is 12.1 Å². The molecule has 0 saturated carbocycles. The summed E-state index contributed by atoms with van der Waals surface area (Å²) in [5, 5.41) is 3.18. The van der Waals surface area contributed by atoms with E-state index in [0.29, 0.717) is 12.1 Å². The third kappa shape index (κ3) is 4.89. The van der Waals surface area contributed by atoms with Crippen LogP contribution in [-0.2, 0) is 19.9 Å². The van der Waals surface area contributed by atoms with E-state index in [9.17, 15) is 16.8 Å². The zero-order valence-corrected chi connectivity index (χ0v) is 13.5. The average Bonchev–Trinajstić information content (AvgIpc) is 2.40. The summed E-state index contributed by atoms with van der Waals surface area (Å²) in [7, 11) is -6.22. The van der Waals surface area contributed by atoms with Crippen LogP contribution in [0.1, 0.15) is 19.8 Å². The van der Waals surface area contributed by atoms with E-state index in [1.165, 1.54) is 0 Å². The van der Waals surface area contributed by atoms with Crippen LogP contribution in [-0.4, -0.2) is 40.1 Å². The molecule has 1 fully saturated rings. The Morgan fingerprint density at radius 2 is 1.81 bits per heavy atom. The van der Waals surface area contributed by atoms with Gasteiger partial charge in [0, 0.05) is 17.4 Å². The maximum Gasteiger partial charge on any atom is 0.232 e. The van der Waals surface area contributed by atoms with E-state index in [4.69, 9.17) is 0 Å². The van der Waals surface area contributed by atoms with Gasteiger partial charge in [-0.3, -0.25) is 4.72 Å². The van der Waals surface area contributed by atoms with Crippen LogP contribution in [0.4, 0.5) is 11.4 Å². The summed E-state index contributed by atoms with van der Waals surface area (Å²) in [4.78, 5) is 0. The van der Waals surface area contributed by atoms with Gasteiger partial charge in [-0.05, 0) is 44.0 Å². The van der Waals surface area contributed by atoms with E-state index in [2.05, 4.69) is 10.0 Å². The van der Waals surface area contributed by atoms with Crippen LogP contribution in [0.5, 0.6) is 0 Å². The molecule has 1 saturated heterocycles. The average molecular weight is 332 g/mol. The molecule has 0 radical (unpaired) electrons. The number of hydrogen-bond acceptors (Lipinski definition) is 5. The van der Waals surface area contributed by atoms with E-state index in [-0.39, 0.29) is 23.3 Å². The molecule has 1 aliphatic heterocycles. The highest BCUT2D eigenvalue weighted by molar-refractivity contribution is 7.92. The molecule has 21 heavy (non-hydrogen) atoms. The Kier molecular flexibility index (Phi) is 4.77. The largest absolute Gasteiger partial charge is 0.381 e. The van der Waals surface area contributed by atoms with Gasteiger partial charge >= 0.3 is 0 Å². The fourth-order valence-electron chi connectivity index (χ4n) is 2.26. The quantitative estimate of drug-likeness (QED) is 0.851. The van der Waals surface area contributed by atoms with Crippen molar-refractivity contribution in [3.63, 3.8) is 0 Å². The van der Waals surface area contributed by atoms with Crippen molar-refractivity contribution in [2.24, 2.45) is 0 Å². The molecule has 8 heteroatoms. The predicted molar refractivity (Wildman–Crippen MR) is 84.8 cm³/mol. The Morgan fingerprint density at radius 3 is 2.38 bits per heavy atom. The maximum absolute atomic E-state index is 11.6. The molecule has 1 atom stereocenters. The van der Waals surface area contributed by atoms with Gasteiger partial charge < -0.3 is 5.32 Å². The van der Waals surface area contributed by atoms with Gasteiger partial charge in [-0.1, -0.05) is 0 Å². The summed E-state index contributed by atoms with van der Waals surface area (Å²) < 4.78 is 48.5. The Labute approximate surface area is 125 Å². The molecule has 0 aliphatic carbocycles. The second-order valence-corrected chi connectivity index (χ2v) is 9.42. The lowest BCUT2D eigenvalue weighted by molar-refractivity contribution is 0.562. The second-order valence-electron chi connectivity index (χ2n) is 5.18. The second kappa shape index (κ2) is 6.23. The number of rotatable bonds is 5. The van der Waals surface area contributed by atoms with E-state index < -0.39 is 19.9 Å². The number of sulfonamides is 1. The smallest absolute Gasteiger partial charge is 0.232 e. The minimum atomic E-state index is -3.28. The first-order valence-electron chi connectivity index (χ1n) is 6.87. The molecule has 1 aliphatic rings. The van der Waals surface area contributed by atoms with Gasteiger partial charge in [-0.25, -0.2) is 16.8 Å². The molecule has 6 nitrogen and oxygen atoms in total. The summed E-state index contributed by atoms with van der Waals surface area (Å²) in [5.41, 5.74) is 1.29. The van der Waals surface area contributed by atoms with Crippen molar-refractivity contribution in [2.45, 2.75) is 25.8 Å². The highest BCUT2D eigenvalue weighted by atomic mass is 32.2. The minimum absolute atomic E-state index is 0.0208. The molecule has 1 unspecified atom stereocenters. The number of nitrogens with one attached hydrogen (secondary N) is 2. The molecular formula is C13H20N2O4S2. The standard InChI is InChI=1S/C13H20N2O4S2/c1-2-21(18,19)15-12-7-5-11(6-8-12)14-13-4-3-9-20(16,17)10-13/h5-8,13-15H,2-4,9-10H2,1H3. The Bertz CT molecular complexity index is 681. The highest BCUT2D eigenvalue weighted by Crippen LogP contribution is 2.19. The Morgan fingerprint density at radius 1 is 1.19 bits per heavy atom. The summed E-state index contributed by atoms with van der Waals surface area (Å²) >= 11 is 0. The van der Waals surface area contributed by atoms with Crippen LogP contribution >= 0.6 is 0 Å². The van der Waals surface area contributed by atoms with Crippen molar-refractivity contribution in [1.82, 2.24) is 0 Å². The zero-order valence-electron chi connectivity index (χ0n) is 11.9. The van der Waals surface area contributed by atoms with Crippen molar-refractivity contribution in [3.05, 3.63) is 24.3 Å². The molecule has 1 aromatic rings. The molecule has 0 spiro atoms. The molecule has 1 aromatic carbocycles. The molecule has 0 bridgehead atoms. The van der Waals surface area contributed by atoms with Gasteiger partial charge in [0.05, 0.1) is 17.3 Å². The molecule has 1 heterocycles. The lowest BCUT2D eigenvalue weighted by atomic mass is 10.1. The zero-order chi connectivity index (χ0) is 15.5. The lowest BCUT2D eigenvalue weighted by Crippen LogP contribution is -2.34. The highest BCUT2D eigenvalue weighted by Gasteiger charge is 2.24. The number of hydrogen-bond donors (Lipinski definition) is 2. The summed E-state index contributed by atoms with van der Waals surface area (Å²) in [6.07, 6.45) is 1.50. The maximum atomic E-state index is 11.6. The first kappa shape index (κ1) is 16.1. The third-order valence-corrected chi connectivity index (χ3v) is 6.50. The van der Waals surface area contributed by atoms with Crippen LogP contribution in [0.2, 0.25) is 0 Å². The normalized spacial score (nSPS) is 21.7. The van der Waals surface area contributed by atoms with Crippen molar-refractivity contribution in [3.8, 4) is 0 Å². The molecule has 118 valence electrons. The van der Waals surface area contributed by atoms with Crippen LogP contribution in [0, 0.1) is 0 Å². The lowest BCUT2D eigenvalue weighted by Gasteiger charge is -2.24. The Hall–Kier alpha value is -1.28. The van der Waals surface area contributed by atoms with E-state index >= 15 is 0 Å². The van der Waals surface area contributed by atoms with Gasteiger partial charge in [0.15, 0.2) is 9.84 Å². The number of benzene rings is 1. The van der Waals surface area contributed by atoms with Gasteiger partial charge in [0.25, 0.3) is 0 Å². The van der Waals surface area contributed by atoms with Gasteiger partial charge in [0.1, 0.15) is 0 Å². The first-order valence-corrected chi connectivity index (χ1v) is 10.3. The van der Waals surface area contributed by atoms with Gasteiger partial charge in [-0.2, -0.15) is 0 Å². The van der Waals surface area contributed by atoms with Crippen molar-refractivity contribution >= 4 is 31.2 Å². The van der Waals surface area contributed by atoms with Crippen molar-refractivity contribution in [2.75, 3.05) is 27.3 Å². The van der Waals surface area contributed by atoms with Gasteiger partial charge in [-0.15, -0.1) is 0 Å². The van der Waals surface area contributed by atoms with Crippen molar-refractivity contribution in [1.29, 1.82) is 0 Å². The topological polar surface area (TPSA) is 92.3 Å². The number of anilines is 2. The monoisotopic (exact) mass is 332 g/mol. The molecule has 0 amide bonds. The molecular weight excluding hydrogens is 312 g/mol. The summed E-state index contributed by atoms with van der Waals surface area (Å²) in [5.74, 6) is 0.438. The van der Waals surface area contributed by atoms with Crippen LogP contribution in [0.15, 0.2) is 24.3 Å². The molecule has 0 aromatic heterocycles. The van der Waals surface area contributed by atoms with Crippen molar-refractivity contribution < 1.29 is 16.8 Å². The fraction of sp³-hybridized carbons (Fsp3) is 0.538. The minimum Gasteiger partial charge on any atom is -0.381 e. The fourth-order valence-corrected chi connectivity index (χ4v) is 4.53. The molecule has 2 N–H and O–H groups in total. The molecule has 2 rings (SSSR count). The SMILES string of the molecule is CCS(=O)(=O)Nc1ccc(NC2CCCS(=O)(=O)C2)cc1. The van der Waals surface area contributed by atoms with Gasteiger partial charge in [0.2, 0.25) is 10.0 Å². The van der Waals surface area contributed by atoms with Crippen LogP contribution < -0.4 is 10.0 Å². The van der Waals surface area contributed by atoms with E-state index in [1.54, 1.807) is 31.2 Å². The first-order chi connectivity index (χ1) is 9.80. The van der Waals surface area contributed by atoms with Crippen LogP contribution in [0.3, 0.4) is 0 Å². The third-order valence-electron chi connectivity index (χ3n) is 3.37. The predicted octanol–water partition coefficient (Wildman–Crippen LogP) is 1.44. The van der Waals surface area contributed by atoms with Crippen LogP contribution in [0.25, 0.3) is 0 Å².